The number of aliphatic carboxylic acids is 1. The summed E-state index contributed by atoms with van der Waals surface area (Å²) in [5.41, 5.74) is 0.243. The first-order valence-electron chi connectivity index (χ1n) is 4.65. The first-order chi connectivity index (χ1) is 7.91. The second-order valence-electron chi connectivity index (χ2n) is 3.25. The third-order valence-corrected chi connectivity index (χ3v) is 1.90. The van der Waals surface area contributed by atoms with E-state index >= 15 is 0 Å². The fourth-order valence-electron chi connectivity index (χ4n) is 1.20. The van der Waals surface area contributed by atoms with E-state index in [1.54, 1.807) is 0 Å². The molecule has 1 amide bonds. The molecule has 0 aliphatic rings. The average Bonchev–Trinajstić information content (AvgIpc) is 2.23. The lowest BCUT2D eigenvalue weighted by molar-refractivity contribution is -0.131. The van der Waals surface area contributed by atoms with Crippen molar-refractivity contribution in [2.45, 2.75) is 6.92 Å². The van der Waals surface area contributed by atoms with Crippen molar-refractivity contribution < 1.29 is 24.9 Å². The molecule has 6 heteroatoms. The minimum atomic E-state index is -1.16. The van der Waals surface area contributed by atoms with Gasteiger partial charge in [-0.3, -0.25) is 4.79 Å². The monoisotopic (exact) mass is 237 g/mol. The van der Waals surface area contributed by atoms with Crippen molar-refractivity contribution in [3.63, 3.8) is 0 Å². The Labute approximate surface area is 96.8 Å². The minimum Gasteiger partial charge on any atom is -0.504 e. The van der Waals surface area contributed by atoms with Crippen LogP contribution in [0.25, 0.3) is 6.08 Å². The number of aromatic hydroxyl groups is 2. The van der Waals surface area contributed by atoms with Crippen LogP contribution in [0.2, 0.25) is 0 Å². The number of phenolic OH excluding ortho intramolecular Hbond substituents is 2. The van der Waals surface area contributed by atoms with Gasteiger partial charge in [0.15, 0.2) is 11.5 Å². The fourth-order valence-corrected chi connectivity index (χ4v) is 1.20. The van der Waals surface area contributed by atoms with Gasteiger partial charge in [0, 0.05) is 18.6 Å². The molecule has 0 aliphatic carbocycles. The van der Waals surface area contributed by atoms with E-state index in [4.69, 9.17) is 5.11 Å². The minimum absolute atomic E-state index is 0.0324. The third kappa shape index (κ3) is 3.23. The Balaban J connectivity index is 3.24. The average molecular weight is 237 g/mol. The number of phenols is 2. The van der Waals surface area contributed by atoms with Gasteiger partial charge in [-0.05, 0) is 18.2 Å². The highest BCUT2D eigenvalue weighted by Gasteiger charge is 2.11. The van der Waals surface area contributed by atoms with Crippen LogP contribution in [0.15, 0.2) is 18.2 Å². The normalized spacial score (nSPS) is 10.4. The number of carboxylic acids is 1. The second-order valence-corrected chi connectivity index (χ2v) is 3.25. The number of carbonyl (C=O) groups is 2. The summed E-state index contributed by atoms with van der Waals surface area (Å²) in [7, 11) is 0. The molecule has 0 radical (unpaired) electrons. The maximum atomic E-state index is 10.9. The summed E-state index contributed by atoms with van der Waals surface area (Å²) < 4.78 is 0. The number of hydrogen-bond donors (Lipinski definition) is 4. The summed E-state index contributed by atoms with van der Waals surface area (Å²) in [5, 5.41) is 29.6. The van der Waals surface area contributed by atoms with Crippen LogP contribution >= 0.6 is 0 Å². The zero-order valence-electron chi connectivity index (χ0n) is 8.97. The molecule has 1 aromatic carbocycles. The smallest absolute Gasteiger partial charge is 0.328 e. The molecule has 1 rings (SSSR count). The Bertz CT molecular complexity index is 493. The highest BCUT2D eigenvalue weighted by Crippen LogP contribution is 2.36. The van der Waals surface area contributed by atoms with E-state index in [-0.39, 0.29) is 11.3 Å². The summed E-state index contributed by atoms with van der Waals surface area (Å²) in [4.78, 5) is 21.3. The zero-order valence-corrected chi connectivity index (χ0v) is 8.97. The molecule has 90 valence electrons. The number of hydrogen-bond acceptors (Lipinski definition) is 4. The number of benzene rings is 1. The number of nitrogens with one attached hydrogen (secondary N) is 1. The topological polar surface area (TPSA) is 107 Å². The second kappa shape index (κ2) is 5.02. The predicted molar refractivity (Wildman–Crippen MR) is 60.7 cm³/mol. The third-order valence-electron chi connectivity index (χ3n) is 1.90. The van der Waals surface area contributed by atoms with Crippen LogP contribution in [0.4, 0.5) is 5.69 Å². The lowest BCUT2D eigenvalue weighted by Gasteiger charge is -2.10. The maximum Gasteiger partial charge on any atom is 0.328 e. The Morgan fingerprint density at radius 2 is 1.94 bits per heavy atom. The highest BCUT2D eigenvalue weighted by molar-refractivity contribution is 5.95. The molecule has 0 bridgehead atoms. The van der Waals surface area contributed by atoms with E-state index < -0.39 is 23.4 Å². The largest absolute Gasteiger partial charge is 0.504 e. The molecule has 0 atom stereocenters. The molecule has 4 N–H and O–H groups in total. The summed E-state index contributed by atoms with van der Waals surface area (Å²) in [6, 6.07) is 2.57. The highest BCUT2D eigenvalue weighted by atomic mass is 16.4. The van der Waals surface area contributed by atoms with Crippen LogP contribution in [-0.2, 0) is 9.59 Å². The molecule has 0 unspecified atom stereocenters. The van der Waals surface area contributed by atoms with Gasteiger partial charge in [0.2, 0.25) is 5.91 Å². The van der Waals surface area contributed by atoms with Gasteiger partial charge in [-0.2, -0.15) is 0 Å². The lowest BCUT2D eigenvalue weighted by Crippen LogP contribution is -2.07. The Hall–Kier alpha value is -2.50. The Morgan fingerprint density at radius 1 is 1.29 bits per heavy atom. The van der Waals surface area contributed by atoms with E-state index in [2.05, 4.69) is 5.32 Å². The molecule has 1 aromatic rings. The molecule has 0 saturated carbocycles. The summed E-state index contributed by atoms with van der Waals surface area (Å²) >= 11 is 0. The molecular weight excluding hydrogens is 226 g/mol. The molecule has 17 heavy (non-hydrogen) atoms. The molecule has 0 aliphatic heterocycles. The van der Waals surface area contributed by atoms with Crippen LogP contribution in [0.3, 0.4) is 0 Å². The molecule has 0 aromatic heterocycles. The SMILES string of the molecule is CC(=O)Nc1c(/C=C/C(=O)O)ccc(O)c1O. The number of carboxylic acid groups (broad SMARTS) is 1. The first kappa shape index (κ1) is 12.6. The van der Waals surface area contributed by atoms with Crippen molar-refractivity contribution in [1.29, 1.82) is 0 Å². The van der Waals surface area contributed by atoms with Crippen LogP contribution in [0.1, 0.15) is 12.5 Å². The van der Waals surface area contributed by atoms with E-state index in [1.807, 2.05) is 0 Å². The van der Waals surface area contributed by atoms with Crippen LogP contribution < -0.4 is 5.32 Å². The number of anilines is 1. The van der Waals surface area contributed by atoms with Gasteiger partial charge in [0.25, 0.3) is 0 Å². The van der Waals surface area contributed by atoms with Gasteiger partial charge in [0.05, 0.1) is 5.69 Å². The van der Waals surface area contributed by atoms with Gasteiger partial charge in [0.1, 0.15) is 0 Å². The number of rotatable bonds is 3. The maximum absolute atomic E-state index is 10.9. The Kier molecular flexibility index (Phi) is 3.71. The molecular formula is C11H11NO5. The predicted octanol–water partition coefficient (Wildman–Crippen LogP) is 1.15. The van der Waals surface area contributed by atoms with E-state index in [9.17, 15) is 19.8 Å². The van der Waals surface area contributed by atoms with Crippen LogP contribution in [0, 0.1) is 0 Å². The van der Waals surface area contributed by atoms with Crippen molar-refractivity contribution in [2.75, 3.05) is 5.32 Å². The molecule has 0 heterocycles. The van der Waals surface area contributed by atoms with Gasteiger partial charge >= 0.3 is 5.97 Å². The van der Waals surface area contributed by atoms with Crippen LogP contribution in [-0.4, -0.2) is 27.2 Å². The zero-order chi connectivity index (χ0) is 13.0. The van der Waals surface area contributed by atoms with Gasteiger partial charge in [-0.25, -0.2) is 4.79 Å². The van der Waals surface area contributed by atoms with Crippen molar-refractivity contribution in [3.05, 3.63) is 23.8 Å². The van der Waals surface area contributed by atoms with Gasteiger partial charge < -0.3 is 20.6 Å². The lowest BCUT2D eigenvalue weighted by atomic mass is 10.1. The van der Waals surface area contributed by atoms with Crippen molar-refractivity contribution in [1.82, 2.24) is 0 Å². The molecule has 0 spiro atoms. The number of amides is 1. The van der Waals surface area contributed by atoms with Crippen molar-refractivity contribution >= 4 is 23.6 Å². The van der Waals surface area contributed by atoms with Crippen molar-refractivity contribution in [3.8, 4) is 11.5 Å². The fraction of sp³-hybridized carbons (Fsp3) is 0.0909. The summed E-state index contributed by atoms with van der Waals surface area (Å²) in [6.45, 7) is 1.23. The van der Waals surface area contributed by atoms with E-state index in [0.717, 1.165) is 6.08 Å². The van der Waals surface area contributed by atoms with Gasteiger partial charge in [-0.15, -0.1) is 0 Å². The summed E-state index contributed by atoms with van der Waals surface area (Å²) in [6.07, 6.45) is 2.06. The standard InChI is InChI=1S/C11H11NO5/c1-6(13)12-10-7(3-5-9(15)16)2-4-8(14)11(10)17/h2-5,14,17H,1H3,(H,12,13)(H,15,16)/b5-3+. The quantitative estimate of drug-likeness (QED) is 0.466. The summed E-state index contributed by atoms with van der Waals surface area (Å²) in [5.74, 6) is -2.52. The molecule has 0 saturated heterocycles. The van der Waals surface area contributed by atoms with Gasteiger partial charge in [-0.1, -0.05) is 0 Å². The Morgan fingerprint density at radius 3 is 2.47 bits per heavy atom. The number of carbonyl (C=O) groups excluding carboxylic acids is 1. The molecule has 6 nitrogen and oxygen atoms in total. The van der Waals surface area contributed by atoms with Crippen LogP contribution in [0.5, 0.6) is 11.5 Å². The van der Waals surface area contributed by atoms with E-state index in [1.165, 1.54) is 25.1 Å². The van der Waals surface area contributed by atoms with E-state index in [0.29, 0.717) is 0 Å². The first-order valence-corrected chi connectivity index (χ1v) is 4.65. The van der Waals surface area contributed by atoms with Crippen molar-refractivity contribution in [2.24, 2.45) is 0 Å². The molecule has 0 fully saturated rings.